The summed E-state index contributed by atoms with van der Waals surface area (Å²) < 4.78 is 5.33. The van der Waals surface area contributed by atoms with Crippen LogP contribution in [-0.2, 0) is 4.74 Å². The predicted molar refractivity (Wildman–Crippen MR) is 45.6 cm³/mol. The smallest absolute Gasteiger partial charge is 0.192 e. The van der Waals surface area contributed by atoms with Crippen molar-refractivity contribution in [3.8, 4) is 0 Å². The first kappa shape index (κ1) is 9.96. The first-order valence-corrected chi connectivity index (χ1v) is 4.39. The Labute approximate surface area is 73.4 Å². The lowest BCUT2D eigenvalue weighted by Gasteiger charge is -2.29. The van der Waals surface area contributed by atoms with Crippen molar-refractivity contribution in [3.05, 3.63) is 0 Å². The summed E-state index contributed by atoms with van der Waals surface area (Å²) in [4.78, 5) is 0. The van der Waals surface area contributed by atoms with Crippen LogP contribution in [0.4, 0.5) is 0 Å². The molecule has 72 valence electrons. The fraction of sp³-hybridized carbons (Fsp3) is 1.00. The van der Waals surface area contributed by atoms with Gasteiger partial charge in [-0.2, -0.15) is 0 Å². The predicted octanol–water partition coefficient (Wildman–Crippen LogP) is 0.891. The van der Waals surface area contributed by atoms with Crippen LogP contribution in [0.25, 0.3) is 0 Å². The van der Waals surface area contributed by atoms with Gasteiger partial charge in [-0.3, -0.25) is 0 Å². The van der Waals surface area contributed by atoms with E-state index in [1.165, 1.54) is 6.92 Å². The number of rotatable bonds is 1. The third-order valence-electron chi connectivity index (χ3n) is 2.72. The van der Waals surface area contributed by atoms with E-state index in [-0.39, 0.29) is 6.10 Å². The average Bonchev–Trinajstić information content (AvgIpc) is 2.03. The SMILES string of the molecule is CC(C)[C@H]1C[C@@](C)(O)C(C)(O)O1. The maximum Gasteiger partial charge on any atom is 0.192 e. The van der Waals surface area contributed by atoms with E-state index in [1.54, 1.807) is 6.92 Å². The van der Waals surface area contributed by atoms with E-state index in [0.717, 1.165) is 0 Å². The van der Waals surface area contributed by atoms with E-state index in [2.05, 4.69) is 0 Å². The molecule has 0 bridgehead atoms. The highest BCUT2D eigenvalue weighted by molar-refractivity contribution is 4.96. The molecule has 0 saturated carbocycles. The van der Waals surface area contributed by atoms with Crippen molar-refractivity contribution in [2.75, 3.05) is 0 Å². The Morgan fingerprint density at radius 1 is 1.33 bits per heavy atom. The lowest BCUT2D eigenvalue weighted by atomic mass is 9.91. The second kappa shape index (κ2) is 2.69. The van der Waals surface area contributed by atoms with Crippen molar-refractivity contribution < 1.29 is 14.9 Å². The van der Waals surface area contributed by atoms with Crippen LogP contribution in [0.15, 0.2) is 0 Å². The molecule has 3 nitrogen and oxygen atoms in total. The molecule has 0 aliphatic carbocycles. The van der Waals surface area contributed by atoms with Gasteiger partial charge in [-0.15, -0.1) is 0 Å². The molecule has 1 unspecified atom stereocenters. The van der Waals surface area contributed by atoms with Gasteiger partial charge in [-0.05, 0) is 19.8 Å². The van der Waals surface area contributed by atoms with Crippen molar-refractivity contribution in [2.45, 2.75) is 51.6 Å². The summed E-state index contributed by atoms with van der Waals surface area (Å²) in [6, 6.07) is 0. The summed E-state index contributed by atoms with van der Waals surface area (Å²) in [5.41, 5.74) is -1.12. The summed E-state index contributed by atoms with van der Waals surface area (Å²) in [6.45, 7) is 7.15. The fourth-order valence-electron chi connectivity index (χ4n) is 1.42. The van der Waals surface area contributed by atoms with Crippen molar-refractivity contribution in [3.63, 3.8) is 0 Å². The molecule has 2 N–H and O–H groups in total. The van der Waals surface area contributed by atoms with Gasteiger partial charge in [0.25, 0.3) is 0 Å². The van der Waals surface area contributed by atoms with Gasteiger partial charge in [0, 0.05) is 6.42 Å². The molecule has 0 spiro atoms. The topological polar surface area (TPSA) is 49.7 Å². The molecule has 12 heavy (non-hydrogen) atoms. The normalized spacial score (nSPS) is 48.8. The monoisotopic (exact) mass is 174 g/mol. The number of hydrogen-bond donors (Lipinski definition) is 2. The zero-order valence-corrected chi connectivity index (χ0v) is 8.16. The highest BCUT2D eigenvalue weighted by atomic mass is 16.7. The molecule has 1 rings (SSSR count). The lowest BCUT2D eigenvalue weighted by molar-refractivity contribution is -0.248. The quantitative estimate of drug-likeness (QED) is 0.620. The second-order valence-corrected chi connectivity index (χ2v) is 4.36. The van der Waals surface area contributed by atoms with Crippen molar-refractivity contribution >= 4 is 0 Å². The van der Waals surface area contributed by atoms with Crippen LogP contribution in [0, 0.1) is 5.92 Å². The van der Waals surface area contributed by atoms with Crippen LogP contribution < -0.4 is 0 Å². The molecule has 0 aromatic rings. The third-order valence-corrected chi connectivity index (χ3v) is 2.72. The highest BCUT2D eigenvalue weighted by Crippen LogP contribution is 2.39. The Balaban J connectivity index is 2.74. The van der Waals surface area contributed by atoms with Gasteiger partial charge in [-0.1, -0.05) is 13.8 Å². The van der Waals surface area contributed by atoms with Crippen LogP contribution in [0.1, 0.15) is 34.1 Å². The minimum atomic E-state index is -1.40. The van der Waals surface area contributed by atoms with Gasteiger partial charge in [0.05, 0.1) is 6.10 Å². The largest absolute Gasteiger partial charge is 0.384 e. The third kappa shape index (κ3) is 1.49. The molecule has 1 aliphatic heterocycles. The Bertz CT molecular complexity index is 157. The van der Waals surface area contributed by atoms with Gasteiger partial charge in [0.15, 0.2) is 5.79 Å². The molecule has 1 saturated heterocycles. The lowest BCUT2D eigenvalue weighted by Crippen LogP contribution is -2.45. The molecule has 1 fully saturated rings. The highest BCUT2D eigenvalue weighted by Gasteiger charge is 2.52. The van der Waals surface area contributed by atoms with Crippen LogP contribution in [0.3, 0.4) is 0 Å². The number of hydrogen-bond acceptors (Lipinski definition) is 3. The van der Waals surface area contributed by atoms with Crippen molar-refractivity contribution in [2.24, 2.45) is 5.92 Å². The zero-order valence-electron chi connectivity index (χ0n) is 8.16. The first-order chi connectivity index (χ1) is 5.26. The van der Waals surface area contributed by atoms with E-state index < -0.39 is 11.4 Å². The summed E-state index contributed by atoms with van der Waals surface area (Å²) in [5.74, 6) is -1.08. The van der Waals surface area contributed by atoms with Gasteiger partial charge in [0.2, 0.25) is 0 Å². The summed E-state index contributed by atoms with van der Waals surface area (Å²) in [7, 11) is 0. The van der Waals surface area contributed by atoms with E-state index in [4.69, 9.17) is 4.74 Å². The fourth-order valence-corrected chi connectivity index (χ4v) is 1.42. The molecule has 1 heterocycles. The van der Waals surface area contributed by atoms with E-state index in [1.807, 2.05) is 13.8 Å². The molecule has 0 radical (unpaired) electrons. The molecule has 0 aromatic heterocycles. The van der Waals surface area contributed by atoms with Gasteiger partial charge in [0.1, 0.15) is 5.60 Å². The Kier molecular flexibility index (Phi) is 2.23. The van der Waals surface area contributed by atoms with E-state index in [9.17, 15) is 10.2 Å². The van der Waals surface area contributed by atoms with Crippen molar-refractivity contribution in [1.29, 1.82) is 0 Å². The van der Waals surface area contributed by atoms with Gasteiger partial charge in [-0.25, -0.2) is 0 Å². The molecule has 1 aliphatic rings. The van der Waals surface area contributed by atoms with Gasteiger partial charge >= 0.3 is 0 Å². The maximum absolute atomic E-state index is 9.77. The molecular weight excluding hydrogens is 156 g/mol. The average molecular weight is 174 g/mol. The van der Waals surface area contributed by atoms with E-state index in [0.29, 0.717) is 12.3 Å². The van der Waals surface area contributed by atoms with Crippen molar-refractivity contribution in [1.82, 2.24) is 0 Å². The Morgan fingerprint density at radius 3 is 2.00 bits per heavy atom. The summed E-state index contributed by atoms with van der Waals surface area (Å²) in [6.07, 6.45) is 0.451. The molecule has 0 amide bonds. The molecule has 0 aromatic carbocycles. The number of aliphatic hydroxyl groups is 2. The molecular formula is C9H18O3. The standard InChI is InChI=1S/C9H18O3/c1-6(2)7-5-8(3,10)9(4,11)12-7/h6-7,10-11H,5H2,1-4H3/t7-,8-,9?/m1/s1. The minimum absolute atomic E-state index is 0.0463. The minimum Gasteiger partial charge on any atom is -0.384 e. The molecule has 3 heteroatoms. The zero-order chi connectivity index (χ0) is 9.57. The Morgan fingerprint density at radius 2 is 1.83 bits per heavy atom. The Hall–Kier alpha value is -0.120. The number of ether oxygens (including phenoxy) is 1. The summed E-state index contributed by atoms with van der Waals surface area (Å²) >= 11 is 0. The van der Waals surface area contributed by atoms with Crippen LogP contribution in [0.5, 0.6) is 0 Å². The van der Waals surface area contributed by atoms with Gasteiger partial charge < -0.3 is 14.9 Å². The van der Waals surface area contributed by atoms with Crippen LogP contribution in [-0.4, -0.2) is 27.7 Å². The van der Waals surface area contributed by atoms with Crippen LogP contribution >= 0.6 is 0 Å². The summed E-state index contributed by atoms with van der Waals surface area (Å²) in [5, 5.41) is 19.4. The second-order valence-electron chi connectivity index (χ2n) is 4.36. The van der Waals surface area contributed by atoms with Crippen LogP contribution in [0.2, 0.25) is 0 Å². The molecule has 3 atom stereocenters. The van der Waals surface area contributed by atoms with E-state index >= 15 is 0 Å². The first-order valence-electron chi connectivity index (χ1n) is 4.39. The maximum atomic E-state index is 9.77.